The van der Waals surface area contributed by atoms with Crippen LogP contribution in [0.4, 0.5) is 5.69 Å². The van der Waals surface area contributed by atoms with Crippen molar-refractivity contribution in [1.82, 2.24) is 4.90 Å². The number of likely N-dealkylation sites (tertiary alicyclic amines) is 1. The van der Waals surface area contributed by atoms with E-state index in [4.69, 9.17) is 9.47 Å². The maximum absolute atomic E-state index is 13.0. The number of esters is 1. The van der Waals surface area contributed by atoms with Crippen molar-refractivity contribution in [2.24, 2.45) is 23.7 Å². The summed E-state index contributed by atoms with van der Waals surface area (Å²) in [5, 5.41) is 2.61. The van der Waals surface area contributed by atoms with Crippen LogP contribution in [-0.4, -0.2) is 58.0 Å². The third kappa shape index (κ3) is 3.77. The van der Waals surface area contributed by atoms with Gasteiger partial charge in [-0.15, -0.1) is 0 Å². The number of methoxy groups -OCH3 is 1. The van der Waals surface area contributed by atoms with Crippen LogP contribution in [0.5, 0.6) is 5.75 Å². The Morgan fingerprint density at radius 2 is 1.65 bits per heavy atom. The Hall–Kier alpha value is -1.94. The fourth-order valence-electron chi connectivity index (χ4n) is 4.99. The van der Waals surface area contributed by atoms with Gasteiger partial charge in [-0.1, -0.05) is 31.9 Å². The van der Waals surface area contributed by atoms with Crippen LogP contribution < -0.4 is 10.1 Å². The molecule has 1 N–H and O–H groups in total. The number of hydrogen-bond donors (Lipinski definition) is 1. The van der Waals surface area contributed by atoms with Crippen LogP contribution in [0.2, 0.25) is 0 Å². The number of ether oxygens (including phenoxy) is 2. The normalized spacial score (nSPS) is 32.1. The minimum absolute atomic E-state index is 0.0688. The molecule has 8 nitrogen and oxygen atoms in total. The predicted octanol–water partition coefficient (Wildman–Crippen LogP) is 2.34. The zero-order valence-corrected chi connectivity index (χ0v) is 20.1. The van der Waals surface area contributed by atoms with Gasteiger partial charge in [-0.2, -0.15) is 0 Å². The fourth-order valence-corrected chi connectivity index (χ4v) is 6.86. The Labute approximate surface area is 196 Å². The summed E-state index contributed by atoms with van der Waals surface area (Å²) in [6, 6.07) is 5.61. The van der Waals surface area contributed by atoms with Crippen molar-refractivity contribution >= 4 is 61.2 Å². The molecule has 1 aliphatic heterocycles. The summed E-state index contributed by atoms with van der Waals surface area (Å²) in [5.41, 5.74) is 0.525. The minimum atomic E-state index is -1.08. The molecule has 3 fully saturated rings. The van der Waals surface area contributed by atoms with E-state index in [1.807, 2.05) is 0 Å². The molecule has 1 saturated heterocycles. The SMILES string of the molecule is COc1ccc(NC(=O)COC(=O)[C@H](C)N2C(=O)[C@@H]3[C@H]4C[C@@H]([C@H](Br)[C@@H]4Br)[C@@H]3C2=O)cc1. The number of carbonyl (C=O) groups excluding carboxylic acids is 4. The van der Waals surface area contributed by atoms with Gasteiger partial charge in [0.2, 0.25) is 11.8 Å². The summed E-state index contributed by atoms with van der Waals surface area (Å²) in [7, 11) is 1.54. The van der Waals surface area contributed by atoms with Crippen molar-refractivity contribution in [3.8, 4) is 5.75 Å². The Kier molecular flexibility index (Phi) is 6.13. The second kappa shape index (κ2) is 8.54. The van der Waals surface area contributed by atoms with E-state index >= 15 is 0 Å². The average molecular weight is 558 g/mol. The molecule has 1 aromatic rings. The number of amides is 3. The minimum Gasteiger partial charge on any atom is -0.497 e. The van der Waals surface area contributed by atoms with Crippen molar-refractivity contribution < 1.29 is 28.7 Å². The zero-order chi connectivity index (χ0) is 22.4. The first-order valence-corrected chi connectivity index (χ1v) is 11.8. The van der Waals surface area contributed by atoms with Gasteiger partial charge in [0, 0.05) is 15.3 Å². The molecule has 0 unspecified atom stereocenters. The molecule has 4 rings (SSSR count). The molecule has 10 heteroatoms. The van der Waals surface area contributed by atoms with Crippen molar-refractivity contribution in [2.45, 2.75) is 29.0 Å². The van der Waals surface area contributed by atoms with Gasteiger partial charge in [0.05, 0.1) is 18.9 Å². The lowest BCUT2D eigenvalue weighted by atomic mass is 9.81. The number of halogens is 2. The largest absolute Gasteiger partial charge is 0.497 e. The lowest BCUT2D eigenvalue weighted by Crippen LogP contribution is -2.45. The quantitative estimate of drug-likeness (QED) is 0.327. The number of alkyl halides is 2. The summed E-state index contributed by atoms with van der Waals surface area (Å²) < 4.78 is 10.1. The van der Waals surface area contributed by atoms with Crippen LogP contribution in [0.1, 0.15) is 13.3 Å². The van der Waals surface area contributed by atoms with Crippen LogP contribution in [0.15, 0.2) is 24.3 Å². The van der Waals surface area contributed by atoms with E-state index < -0.39 is 36.4 Å². The Balaban J connectivity index is 1.34. The molecule has 2 aliphatic carbocycles. The van der Waals surface area contributed by atoms with E-state index in [1.54, 1.807) is 31.4 Å². The number of nitrogens with one attached hydrogen (secondary N) is 1. The van der Waals surface area contributed by atoms with Crippen LogP contribution in [-0.2, 0) is 23.9 Å². The smallest absolute Gasteiger partial charge is 0.329 e. The topological polar surface area (TPSA) is 102 Å². The number of imide groups is 1. The maximum Gasteiger partial charge on any atom is 0.329 e. The number of anilines is 1. The highest BCUT2D eigenvalue weighted by Crippen LogP contribution is 2.60. The van der Waals surface area contributed by atoms with E-state index in [0.717, 1.165) is 11.3 Å². The van der Waals surface area contributed by atoms with Crippen LogP contribution >= 0.6 is 31.9 Å². The van der Waals surface area contributed by atoms with Gasteiger partial charge >= 0.3 is 5.97 Å². The number of rotatable bonds is 6. The number of benzene rings is 1. The molecule has 2 saturated carbocycles. The van der Waals surface area contributed by atoms with Gasteiger partial charge in [-0.3, -0.25) is 19.3 Å². The van der Waals surface area contributed by atoms with Gasteiger partial charge in [0.1, 0.15) is 11.8 Å². The zero-order valence-electron chi connectivity index (χ0n) is 16.9. The Morgan fingerprint density at radius 3 is 2.16 bits per heavy atom. The van der Waals surface area contributed by atoms with E-state index in [9.17, 15) is 19.2 Å². The van der Waals surface area contributed by atoms with E-state index in [2.05, 4.69) is 37.2 Å². The monoisotopic (exact) mass is 556 g/mol. The molecule has 7 atom stereocenters. The first-order valence-electron chi connectivity index (χ1n) is 10.00. The molecule has 0 aromatic heterocycles. The fraction of sp³-hybridized carbons (Fsp3) is 0.524. The molecule has 1 aromatic carbocycles. The van der Waals surface area contributed by atoms with E-state index in [0.29, 0.717) is 11.4 Å². The Morgan fingerprint density at radius 1 is 1.10 bits per heavy atom. The summed E-state index contributed by atoms with van der Waals surface area (Å²) >= 11 is 7.27. The number of nitrogens with zero attached hydrogens (tertiary/aromatic N) is 1. The molecule has 3 amide bonds. The highest BCUT2D eigenvalue weighted by atomic mass is 79.9. The van der Waals surface area contributed by atoms with E-state index in [1.165, 1.54) is 6.92 Å². The predicted molar refractivity (Wildman–Crippen MR) is 118 cm³/mol. The highest BCUT2D eigenvalue weighted by Gasteiger charge is 2.67. The van der Waals surface area contributed by atoms with Gasteiger partial charge < -0.3 is 14.8 Å². The van der Waals surface area contributed by atoms with Crippen molar-refractivity contribution in [1.29, 1.82) is 0 Å². The molecule has 166 valence electrons. The van der Waals surface area contributed by atoms with E-state index in [-0.39, 0.29) is 33.3 Å². The number of hydrogen-bond acceptors (Lipinski definition) is 6. The van der Waals surface area contributed by atoms with Gasteiger partial charge in [-0.05, 0) is 49.4 Å². The summed E-state index contributed by atoms with van der Waals surface area (Å²) in [6.45, 7) is 0.941. The van der Waals surface area contributed by atoms with Crippen LogP contribution in [0.3, 0.4) is 0 Å². The van der Waals surface area contributed by atoms with Crippen molar-refractivity contribution in [2.75, 3.05) is 19.0 Å². The summed E-state index contributed by atoms with van der Waals surface area (Å²) in [4.78, 5) is 51.9. The number of fused-ring (bicyclic) bond motifs is 5. The molecular weight excluding hydrogens is 536 g/mol. The second-order valence-electron chi connectivity index (χ2n) is 8.11. The lowest BCUT2D eigenvalue weighted by Gasteiger charge is -2.28. The average Bonchev–Trinajstić information content (AvgIpc) is 3.37. The number of carbonyl (C=O) groups is 4. The standard InChI is InChI=1S/C21H22Br2N2O6/c1-9(21(29)31-8-14(26)24-10-3-5-11(30-2)6-4-10)25-19(27)15-12-7-13(16(15)20(25)28)18(23)17(12)22/h3-6,9,12-13,15-18H,7-8H2,1-2H3,(H,24,26)/t9-,12+,13+,15-,16+,17-,18+/m0/s1. The third-order valence-electron chi connectivity index (χ3n) is 6.47. The van der Waals surface area contributed by atoms with Gasteiger partial charge in [-0.25, -0.2) is 4.79 Å². The Bertz CT molecular complexity index is 891. The third-order valence-corrected chi connectivity index (χ3v) is 9.68. The van der Waals surface area contributed by atoms with Crippen LogP contribution in [0, 0.1) is 23.7 Å². The first kappa shape index (κ1) is 22.3. The summed E-state index contributed by atoms with van der Waals surface area (Å²) in [5.74, 6) is -1.97. The lowest BCUT2D eigenvalue weighted by molar-refractivity contribution is -0.159. The first-order chi connectivity index (χ1) is 14.7. The van der Waals surface area contributed by atoms with Gasteiger partial charge in [0.25, 0.3) is 5.91 Å². The van der Waals surface area contributed by atoms with Crippen LogP contribution in [0.25, 0.3) is 0 Å². The maximum atomic E-state index is 13.0. The van der Waals surface area contributed by atoms with Crippen molar-refractivity contribution in [3.63, 3.8) is 0 Å². The molecule has 2 bridgehead atoms. The van der Waals surface area contributed by atoms with Crippen molar-refractivity contribution in [3.05, 3.63) is 24.3 Å². The second-order valence-corrected chi connectivity index (χ2v) is 10.2. The molecule has 1 heterocycles. The highest BCUT2D eigenvalue weighted by molar-refractivity contribution is 9.12. The molecule has 3 aliphatic rings. The molecule has 0 spiro atoms. The molecular formula is C21H22Br2N2O6. The van der Waals surface area contributed by atoms with Gasteiger partial charge in [0.15, 0.2) is 6.61 Å². The molecule has 0 radical (unpaired) electrons. The summed E-state index contributed by atoms with van der Waals surface area (Å²) in [6.07, 6.45) is 0.816. The molecule has 31 heavy (non-hydrogen) atoms.